The van der Waals surface area contributed by atoms with Gasteiger partial charge in [-0.25, -0.2) is 0 Å². The van der Waals surface area contributed by atoms with Gasteiger partial charge in [-0.3, -0.25) is 14.9 Å². The summed E-state index contributed by atoms with van der Waals surface area (Å²) in [5.74, 6) is -0.251. The van der Waals surface area contributed by atoms with Crippen molar-refractivity contribution in [3.05, 3.63) is 33.3 Å². The molecule has 1 aromatic rings. The Morgan fingerprint density at radius 2 is 2.00 bits per heavy atom. The average Bonchev–Trinajstić information content (AvgIpc) is 2.29. The van der Waals surface area contributed by atoms with Crippen LogP contribution in [0, 0.1) is 15.5 Å². The van der Waals surface area contributed by atoms with Gasteiger partial charge in [0.1, 0.15) is 5.02 Å². The molecule has 6 nitrogen and oxygen atoms in total. The number of nitro benzene ring substituents is 1. The molecule has 8 heteroatoms. The number of amides is 1. The van der Waals surface area contributed by atoms with Crippen molar-refractivity contribution in [3.8, 4) is 0 Å². The summed E-state index contributed by atoms with van der Waals surface area (Å²) in [6, 6.07) is 4.17. The molecular weight excluding hydrogens is 302 g/mol. The highest BCUT2D eigenvalue weighted by molar-refractivity contribution is 7.80. The van der Waals surface area contributed by atoms with Crippen molar-refractivity contribution in [2.45, 2.75) is 20.8 Å². The molecule has 0 spiro atoms. The summed E-state index contributed by atoms with van der Waals surface area (Å²) < 4.78 is 0. The zero-order valence-electron chi connectivity index (χ0n) is 11.2. The largest absolute Gasteiger partial charge is 0.332 e. The van der Waals surface area contributed by atoms with Crippen LogP contribution in [0.25, 0.3) is 0 Å². The molecule has 1 amide bonds. The maximum absolute atomic E-state index is 11.7. The molecule has 0 aliphatic carbocycles. The number of hydrogen-bond acceptors (Lipinski definition) is 4. The number of anilines is 1. The Balaban J connectivity index is 2.79. The zero-order chi connectivity index (χ0) is 15.5. The van der Waals surface area contributed by atoms with Crippen LogP contribution < -0.4 is 10.6 Å². The number of thiocarbonyl (C=S) groups is 1. The summed E-state index contributed by atoms with van der Waals surface area (Å²) in [6.07, 6.45) is 0. The van der Waals surface area contributed by atoms with Crippen LogP contribution in [0.2, 0.25) is 5.02 Å². The van der Waals surface area contributed by atoms with Crippen LogP contribution >= 0.6 is 23.8 Å². The lowest BCUT2D eigenvalue weighted by atomic mass is 9.96. The SMILES string of the molecule is CC(C)(C)C(=O)NC(=S)Nc1ccc(Cl)c([N+](=O)[O-])c1. The number of nitrogens with zero attached hydrogens (tertiary/aromatic N) is 1. The highest BCUT2D eigenvalue weighted by Crippen LogP contribution is 2.27. The maximum Gasteiger partial charge on any atom is 0.289 e. The van der Waals surface area contributed by atoms with E-state index in [4.69, 9.17) is 23.8 Å². The number of carbonyl (C=O) groups excluding carboxylic acids is 1. The van der Waals surface area contributed by atoms with Gasteiger partial charge >= 0.3 is 0 Å². The molecule has 20 heavy (non-hydrogen) atoms. The lowest BCUT2D eigenvalue weighted by Crippen LogP contribution is -2.41. The Morgan fingerprint density at radius 1 is 1.40 bits per heavy atom. The summed E-state index contributed by atoms with van der Waals surface area (Å²) in [6.45, 7) is 5.24. The van der Waals surface area contributed by atoms with E-state index in [1.165, 1.54) is 18.2 Å². The molecular formula is C12H14ClN3O3S. The molecule has 2 N–H and O–H groups in total. The normalized spacial score (nSPS) is 10.8. The van der Waals surface area contributed by atoms with E-state index in [0.29, 0.717) is 5.69 Å². The molecule has 108 valence electrons. The first-order valence-corrected chi connectivity index (χ1v) is 6.46. The van der Waals surface area contributed by atoms with Crippen LogP contribution in [-0.2, 0) is 4.79 Å². The lowest BCUT2D eigenvalue weighted by Gasteiger charge is -2.18. The number of nitrogens with one attached hydrogen (secondary N) is 2. The van der Waals surface area contributed by atoms with Gasteiger partial charge in [0.2, 0.25) is 5.91 Å². The van der Waals surface area contributed by atoms with Crippen LogP contribution in [-0.4, -0.2) is 15.9 Å². The van der Waals surface area contributed by atoms with Gasteiger partial charge in [-0.1, -0.05) is 32.4 Å². The first-order chi connectivity index (χ1) is 9.11. The molecule has 1 aromatic carbocycles. The van der Waals surface area contributed by atoms with E-state index >= 15 is 0 Å². The third kappa shape index (κ3) is 4.43. The van der Waals surface area contributed by atoms with Crippen molar-refractivity contribution in [1.82, 2.24) is 5.32 Å². The fraction of sp³-hybridized carbons (Fsp3) is 0.333. The molecule has 1 rings (SSSR count). The van der Waals surface area contributed by atoms with Crippen molar-refractivity contribution in [2.24, 2.45) is 5.41 Å². The minimum Gasteiger partial charge on any atom is -0.332 e. The van der Waals surface area contributed by atoms with Gasteiger partial charge in [0.25, 0.3) is 5.69 Å². The van der Waals surface area contributed by atoms with E-state index in [2.05, 4.69) is 10.6 Å². The average molecular weight is 316 g/mol. The Morgan fingerprint density at radius 3 is 2.50 bits per heavy atom. The molecule has 0 radical (unpaired) electrons. The van der Waals surface area contributed by atoms with Gasteiger partial charge < -0.3 is 10.6 Å². The Hall–Kier alpha value is -1.73. The van der Waals surface area contributed by atoms with Crippen molar-refractivity contribution >= 4 is 46.2 Å². The predicted octanol–water partition coefficient (Wildman–Crippen LogP) is 3.11. The zero-order valence-corrected chi connectivity index (χ0v) is 12.8. The van der Waals surface area contributed by atoms with Gasteiger partial charge in [0.05, 0.1) is 4.92 Å². The molecule has 0 aromatic heterocycles. The fourth-order valence-electron chi connectivity index (χ4n) is 1.18. The minimum absolute atomic E-state index is 0.0326. The van der Waals surface area contributed by atoms with Crippen LogP contribution in [0.15, 0.2) is 18.2 Å². The van der Waals surface area contributed by atoms with E-state index in [0.717, 1.165) is 0 Å². The Bertz CT molecular complexity index is 570. The van der Waals surface area contributed by atoms with Crippen molar-refractivity contribution in [3.63, 3.8) is 0 Å². The topological polar surface area (TPSA) is 84.3 Å². The first-order valence-electron chi connectivity index (χ1n) is 5.67. The van der Waals surface area contributed by atoms with Crippen molar-refractivity contribution < 1.29 is 9.72 Å². The monoisotopic (exact) mass is 315 g/mol. The second-order valence-corrected chi connectivity index (χ2v) is 5.90. The lowest BCUT2D eigenvalue weighted by molar-refractivity contribution is -0.384. The predicted molar refractivity (Wildman–Crippen MR) is 81.9 cm³/mol. The molecule has 0 unspecified atom stereocenters. The molecule has 0 fully saturated rings. The van der Waals surface area contributed by atoms with Crippen LogP contribution in [0.5, 0.6) is 0 Å². The van der Waals surface area contributed by atoms with E-state index in [-0.39, 0.29) is 21.7 Å². The van der Waals surface area contributed by atoms with E-state index in [1.54, 1.807) is 20.8 Å². The quantitative estimate of drug-likeness (QED) is 0.497. The summed E-state index contributed by atoms with van der Waals surface area (Å²) in [5.41, 5.74) is -0.445. The smallest absolute Gasteiger partial charge is 0.289 e. The first kappa shape index (κ1) is 16.3. The van der Waals surface area contributed by atoms with Crippen molar-refractivity contribution in [1.29, 1.82) is 0 Å². The number of rotatable bonds is 2. The van der Waals surface area contributed by atoms with E-state index in [9.17, 15) is 14.9 Å². The molecule has 0 saturated carbocycles. The maximum atomic E-state index is 11.7. The highest BCUT2D eigenvalue weighted by Gasteiger charge is 2.22. The third-order valence-corrected chi connectivity index (χ3v) is 2.83. The van der Waals surface area contributed by atoms with Crippen molar-refractivity contribution in [2.75, 3.05) is 5.32 Å². The Labute approximate surface area is 126 Å². The number of hydrogen-bond donors (Lipinski definition) is 2. The Kier molecular flexibility index (Phi) is 5.02. The van der Waals surface area contributed by atoms with E-state index in [1.807, 2.05) is 0 Å². The standard InChI is InChI=1S/C12H14ClN3O3S/c1-12(2,3)10(17)15-11(20)14-7-4-5-8(13)9(6-7)16(18)19/h4-6H,1-3H3,(H2,14,15,17,20). The number of carbonyl (C=O) groups is 1. The van der Waals surface area contributed by atoms with Crippen LogP contribution in [0.1, 0.15) is 20.8 Å². The van der Waals surface area contributed by atoms with Crippen LogP contribution in [0.4, 0.5) is 11.4 Å². The molecule has 0 saturated heterocycles. The summed E-state index contributed by atoms with van der Waals surface area (Å²) >= 11 is 10.7. The van der Waals surface area contributed by atoms with Gasteiger partial charge in [0.15, 0.2) is 5.11 Å². The summed E-state index contributed by atoms with van der Waals surface area (Å²) in [7, 11) is 0. The molecule has 0 atom stereocenters. The van der Waals surface area contributed by atoms with Gasteiger partial charge in [-0.15, -0.1) is 0 Å². The second kappa shape index (κ2) is 6.15. The third-order valence-electron chi connectivity index (χ3n) is 2.31. The molecule has 0 aliphatic heterocycles. The molecule has 0 aliphatic rings. The number of halogens is 1. The number of nitro groups is 1. The van der Waals surface area contributed by atoms with Gasteiger partial charge in [-0.05, 0) is 24.4 Å². The van der Waals surface area contributed by atoms with E-state index < -0.39 is 10.3 Å². The van der Waals surface area contributed by atoms with Gasteiger partial charge in [0, 0.05) is 17.2 Å². The summed E-state index contributed by atoms with van der Waals surface area (Å²) in [4.78, 5) is 21.9. The van der Waals surface area contributed by atoms with Gasteiger partial charge in [-0.2, -0.15) is 0 Å². The second-order valence-electron chi connectivity index (χ2n) is 5.08. The minimum atomic E-state index is -0.593. The summed E-state index contributed by atoms with van der Waals surface area (Å²) in [5, 5.41) is 16.1. The molecule has 0 heterocycles. The van der Waals surface area contributed by atoms with Crippen LogP contribution in [0.3, 0.4) is 0 Å². The number of benzene rings is 1. The molecule has 0 bridgehead atoms. The fourth-order valence-corrected chi connectivity index (χ4v) is 1.58. The highest BCUT2D eigenvalue weighted by atomic mass is 35.5.